The molecule has 2 N–H and O–H groups in total. The molecule has 0 spiro atoms. The van der Waals surface area contributed by atoms with Crippen LogP contribution in [-0.2, 0) is 9.59 Å². The number of nitrogens with zero attached hydrogens (tertiary/aromatic N) is 1. The average Bonchev–Trinajstić information content (AvgIpc) is 2.79. The van der Waals surface area contributed by atoms with Crippen LogP contribution in [0, 0.1) is 0 Å². The summed E-state index contributed by atoms with van der Waals surface area (Å²) in [5, 5.41) is 6.33. The van der Waals surface area contributed by atoms with Crippen LogP contribution in [0.15, 0.2) is 48.5 Å². The van der Waals surface area contributed by atoms with E-state index in [2.05, 4.69) is 10.6 Å². The minimum atomic E-state index is -0.886. The van der Waals surface area contributed by atoms with Gasteiger partial charge in [-0.1, -0.05) is 30.5 Å². The maximum atomic E-state index is 13.6. The van der Waals surface area contributed by atoms with Crippen LogP contribution in [0.2, 0.25) is 5.02 Å². The zero-order chi connectivity index (χ0) is 22.7. The fourth-order valence-electron chi connectivity index (χ4n) is 4.57. The van der Waals surface area contributed by atoms with Crippen molar-refractivity contribution >= 4 is 35.0 Å². The summed E-state index contributed by atoms with van der Waals surface area (Å²) in [6.07, 6.45) is 3.46. The van der Waals surface area contributed by atoms with E-state index < -0.39 is 6.04 Å². The maximum Gasteiger partial charge on any atom is 0.254 e. The Balaban J connectivity index is 1.59. The molecule has 8 heteroatoms. The van der Waals surface area contributed by atoms with Gasteiger partial charge in [-0.2, -0.15) is 0 Å². The van der Waals surface area contributed by atoms with Crippen LogP contribution in [0.4, 0.5) is 5.69 Å². The van der Waals surface area contributed by atoms with Crippen LogP contribution in [-0.4, -0.2) is 47.9 Å². The van der Waals surface area contributed by atoms with Crippen LogP contribution in [0.3, 0.4) is 0 Å². The SMILES string of the molecule is COc1ccc(C(=O)N2[C@H](CC(=O)Nc3cccc(Cl)c3)C(=O)N[C@@H]3CCCC[C@H]32)cc1. The molecule has 32 heavy (non-hydrogen) atoms. The van der Waals surface area contributed by atoms with Gasteiger partial charge in [0.15, 0.2) is 0 Å². The number of halogens is 1. The van der Waals surface area contributed by atoms with Gasteiger partial charge < -0.3 is 20.3 Å². The van der Waals surface area contributed by atoms with Gasteiger partial charge in [0, 0.05) is 22.3 Å². The van der Waals surface area contributed by atoms with E-state index in [0.717, 1.165) is 25.7 Å². The molecule has 0 aromatic heterocycles. The third-order valence-electron chi connectivity index (χ3n) is 6.11. The van der Waals surface area contributed by atoms with E-state index in [9.17, 15) is 14.4 Å². The number of methoxy groups -OCH3 is 1. The van der Waals surface area contributed by atoms with Crippen LogP contribution >= 0.6 is 11.6 Å². The first kappa shape index (κ1) is 22.1. The number of piperazine rings is 1. The number of amides is 3. The highest BCUT2D eigenvalue weighted by molar-refractivity contribution is 6.30. The molecular weight excluding hydrogens is 430 g/mol. The highest BCUT2D eigenvalue weighted by Gasteiger charge is 2.46. The van der Waals surface area contributed by atoms with Gasteiger partial charge in [0.05, 0.1) is 19.6 Å². The second-order valence-corrected chi connectivity index (χ2v) is 8.62. The number of hydrogen-bond donors (Lipinski definition) is 2. The highest BCUT2D eigenvalue weighted by Crippen LogP contribution is 2.31. The molecule has 0 bridgehead atoms. The summed E-state index contributed by atoms with van der Waals surface area (Å²) in [7, 11) is 1.56. The Bertz CT molecular complexity index is 1010. The molecule has 2 aromatic rings. The first-order chi connectivity index (χ1) is 15.5. The maximum absolute atomic E-state index is 13.6. The Morgan fingerprint density at radius 2 is 1.91 bits per heavy atom. The molecule has 2 aliphatic rings. The minimum absolute atomic E-state index is 0.0920. The second kappa shape index (κ2) is 9.61. The van der Waals surface area contributed by atoms with Crippen molar-refractivity contribution in [1.82, 2.24) is 10.2 Å². The van der Waals surface area contributed by atoms with Crippen molar-refractivity contribution in [3.8, 4) is 5.75 Å². The van der Waals surface area contributed by atoms with Gasteiger partial charge in [-0.25, -0.2) is 0 Å². The van der Waals surface area contributed by atoms with Gasteiger partial charge in [-0.05, 0) is 55.3 Å². The van der Waals surface area contributed by atoms with E-state index in [0.29, 0.717) is 22.0 Å². The molecule has 2 fully saturated rings. The quantitative estimate of drug-likeness (QED) is 0.720. The van der Waals surface area contributed by atoms with Crippen molar-refractivity contribution in [2.24, 2.45) is 0 Å². The number of fused-ring (bicyclic) bond motifs is 1. The van der Waals surface area contributed by atoms with Crippen molar-refractivity contribution in [2.45, 2.75) is 50.2 Å². The lowest BCUT2D eigenvalue weighted by Gasteiger charge is -2.48. The molecule has 1 aliphatic heterocycles. The van der Waals surface area contributed by atoms with Crippen LogP contribution < -0.4 is 15.4 Å². The number of nitrogens with one attached hydrogen (secondary N) is 2. The summed E-state index contributed by atoms with van der Waals surface area (Å²) in [6.45, 7) is 0. The number of carbonyl (C=O) groups excluding carboxylic acids is 3. The number of hydrogen-bond acceptors (Lipinski definition) is 4. The summed E-state index contributed by atoms with van der Waals surface area (Å²) in [5.74, 6) is -0.253. The predicted octanol–water partition coefficient (Wildman–Crippen LogP) is 3.63. The smallest absolute Gasteiger partial charge is 0.254 e. The Morgan fingerprint density at radius 3 is 2.62 bits per heavy atom. The molecule has 3 atom stereocenters. The van der Waals surface area contributed by atoms with Crippen LogP contribution in [0.1, 0.15) is 42.5 Å². The van der Waals surface area contributed by atoms with Crippen molar-refractivity contribution in [1.29, 1.82) is 0 Å². The number of anilines is 1. The lowest BCUT2D eigenvalue weighted by Crippen LogP contribution is -2.68. The Kier molecular flexibility index (Phi) is 6.65. The topological polar surface area (TPSA) is 87.7 Å². The lowest BCUT2D eigenvalue weighted by molar-refractivity contribution is -0.135. The molecule has 168 valence electrons. The van der Waals surface area contributed by atoms with E-state index in [1.807, 2.05) is 0 Å². The van der Waals surface area contributed by atoms with E-state index in [4.69, 9.17) is 16.3 Å². The molecule has 2 aromatic carbocycles. The monoisotopic (exact) mass is 455 g/mol. The molecule has 4 rings (SSSR count). The first-order valence-corrected chi connectivity index (χ1v) is 11.2. The Morgan fingerprint density at radius 1 is 1.16 bits per heavy atom. The number of carbonyl (C=O) groups is 3. The standard InChI is InChI=1S/C24H26ClN3O4/c1-32-18-11-9-15(10-12-18)24(31)28-20-8-3-2-7-19(20)27-23(30)21(28)14-22(29)26-17-6-4-5-16(25)13-17/h4-6,9-13,19-21H,2-3,7-8,14H2,1H3,(H,26,29)(H,27,30)/t19-,20-,21-/m1/s1. The molecule has 1 aliphatic carbocycles. The van der Waals surface area contributed by atoms with Crippen molar-refractivity contribution in [3.05, 3.63) is 59.1 Å². The molecule has 1 heterocycles. The van der Waals surface area contributed by atoms with Gasteiger partial charge in [0.25, 0.3) is 5.91 Å². The summed E-state index contributed by atoms with van der Waals surface area (Å²) in [5.41, 5.74) is 1.01. The third kappa shape index (κ3) is 4.72. The van der Waals surface area contributed by atoms with Crippen molar-refractivity contribution in [2.75, 3.05) is 12.4 Å². The lowest BCUT2D eigenvalue weighted by atomic mass is 9.84. The Hall–Kier alpha value is -3.06. The molecular formula is C24H26ClN3O4. The van der Waals surface area contributed by atoms with Crippen molar-refractivity contribution < 1.29 is 19.1 Å². The number of ether oxygens (including phenoxy) is 1. The van der Waals surface area contributed by atoms with Gasteiger partial charge in [-0.15, -0.1) is 0 Å². The number of benzene rings is 2. The predicted molar refractivity (Wildman–Crippen MR) is 122 cm³/mol. The van der Waals surface area contributed by atoms with Crippen LogP contribution in [0.5, 0.6) is 5.75 Å². The fourth-order valence-corrected chi connectivity index (χ4v) is 4.76. The fraction of sp³-hybridized carbons (Fsp3) is 0.375. The zero-order valence-corrected chi connectivity index (χ0v) is 18.6. The van der Waals surface area contributed by atoms with Crippen molar-refractivity contribution in [3.63, 3.8) is 0 Å². The zero-order valence-electron chi connectivity index (χ0n) is 17.8. The summed E-state index contributed by atoms with van der Waals surface area (Å²) in [4.78, 5) is 41.0. The highest BCUT2D eigenvalue weighted by atomic mass is 35.5. The van der Waals surface area contributed by atoms with E-state index in [-0.39, 0.29) is 36.2 Å². The molecule has 0 radical (unpaired) electrons. The minimum Gasteiger partial charge on any atom is -0.497 e. The van der Waals surface area contributed by atoms with Gasteiger partial charge >= 0.3 is 0 Å². The van der Waals surface area contributed by atoms with Gasteiger partial charge in [0.1, 0.15) is 11.8 Å². The number of rotatable bonds is 5. The molecule has 7 nitrogen and oxygen atoms in total. The van der Waals surface area contributed by atoms with E-state index in [1.54, 1.807) is 60.5 Å². The third-order valence-corrected chi connectivity index (χ3v) is 6.35. The normalized spacial score (nSPS) is 22.5. The summed E-state index contributed by atoms with van der Waals surface area (Å²) >= 11 is 6.00. The van der Waals surface area contributed by atoms with Gasteiger partial charge in [-0.3, -0.25) is 14.4 Å². The molecule has 1 saturated heterocycles. The summed E-state index contributed by atoms with van der Waals surface area (Å²) in [6, 6.07) is 12.5. The van der Waals surface area contributed by atoms with E-state index in [1.165, 1.54) is 0 Å². The van der Waals surface area contributed by atoms with Gasteiger partial charge in [0.2, 0.25) is 11.8 Å². The van der Waals surface area contributed by atoms with E-state index >= 15 is 0 Å². The molecule has 1 saturated carbocycles. The largest absolute Gasteiger partial charge is 0.497 e. The summed E-state index contributed by atoms with van der Waals surface area (Å²) < 4.78 is 5.18. The second-order valence-electron chi connectivity index (χ2n) is 8.19. The molecule has 0 unspecified atom stereocenters. The van der Waals surface area contributed by atoms with Crippen LogP contribution in [0.25, 0.3) is 0 Å². The molecule has 3 amide bonds. The first-order valence-electron chi connectivity index (χ1n) is 10.8. The average molecular weight is 456 g/mol. The Labute approximate surface area is 192 Å².